The number of hydrogen-bond donors (Lipinski definition) is 0. The minimum Gasteiger partial charge on any atom is -0.464 e. The molecule has 2 aromatic heterocycles. The SMILES string of the molecule is COC(=O)c1nnn(CCCC(C)C)c1-c1cnn(C)c1. The molecule has 114 valence electrons. The van der Waals surface area contributed by atoms with Crippen LogP contribution in [0.3, 0.4) is 0 Å². The summed E-state index contributed by atoms with van der Waals surface area (Å²) in [4.78, 5) is 11.8. The van der Waals surface area contributed by atoms with E-state index in [9.17, 15) is 4.79 Å². The van der Waals surface area contributed by atoms with Crippen molar-refractivity contribution in [2.45, 2.75) is 33.2 Å². The molecule has 0 aromatic carbocycles. The van der Waals surface area contributed by atoms with Gasteiger partial charge in [-0.05, 0) is 18.8 Å². The molecule has 2 aromatic rings. The number of methoxy groups -OCH3 is 1. The van der Waals surface area contributed by atoms with Crippen LogP contribution in [0.2, 0.25) is 0 Å². The molecule has 0 saturated heterocycles. The molecular formula is C14H21N5O2. The number of esters is 1. The number of carbonyl (C=O) groups excluding carboxylic acids is 1. The maximum Gasteiger partial charge on any atom is 0.360 e. The Balaban J connectivity index is 2.32. The third-order valence-electron chi connectivity index (χ3n) is 3.24. The van der Waals surface area contributed by atoms with E-state index >= 15 is 0 Å². The Morgan fingerprint density at radius 1 is 1.43 bits per heavy atom. The first-order chi connectivity index (χ1) is 10.0. The molecule has 0 spiro atoms. The number of carbonyl (C=O) groups is 1. The molecule has 0 bridgehead atoms. The minimum atomic E-state index is -0.482. The van der Waals surface area contributed by atoms with Crippen LogP contribution >= 0.6 is 0 Å². The number of rotatable bonds is 6. The predicted molar refractivity (Wildman–Crippen MR) is 77.6 cm³/mol. The van der Waals surface area contributed by atoms with E-state index in [-0.39, 0.29) is 5.69 Å². The monoisotopic (exact) mass is 291 g/mol. The highest BCUT2D eigenvalue weighted by Gasteiger charge is 2.22. The maximum absolute atomic E-state index is 11.8. The van der Waals surface area contributed by atoms with Gasteiger partial charge < -0.3 is 4.74 Å². The fourth-order valence-corrected chi connectivity index (χ4v) is 2.18. The average Bonchev–Trinajstić information content (AvgIpc) is 3.03. The Morgan fingerprint density at radius 3 is 2.76 bits per heavy atom. The Kier molecular flexibility index (Phi) is 4.72. The van der Waals surface area contributed by atoms with Gasteiger partial charge in [-0.15, -0.1) is 5.10 Å². The number of aryl methyl sites for hydroxylation is 2. The summed E-state index contributed by atoms with van der Waals surface area (Å²) in [5, 5.41) is 12.2. The van der Waals surface area contributed by atoms with E-state index in [0.29, 0.717) is 18.2 Å². The van der Waals surface area contributed by atoms with Crippen LogP contribution in [0.1, 0.15) is 37.2 Å². The van der Waals surface area contributed by atoms with E-state index in [0.717, 1.165) is 18.4 Å². The third-order valence-corrected chi connectivity index (χ3v) is 3.24. The van der Waals surface area contributed by atoms with Gasteiger partial charge >= 0.3 is 5.97 Å². The summed E-state index contributed by atoms with van der Waals surface area (Å²) in [5.74, 6) is 0.152. The first-order valence-electron chi connectivity index (χ1n) is 7.03. The second-order valence-electron chi connectivity index (χ2n) is 5.44. The summed E-state index contributed by atoms with van der Waals surface area (Å²) in [6.07, 6.45) is 5.61. The van der Waals surface area contributed by atoms with Crippen molar-refractivity contribution in [3.63, 3.8) is 0 Å². The van der Waals surface area contributed by atoms with E-state index in [2.05, 4.69) is 29.3 Å². The third kappa shape index (κ3) is 3.48. The molecule has 7 heteroatoms. The molecule has 0 aliphatic carbocycles. The predicted octanol–water partition coefficient (Wildman–Crippen LogP) is 1.90. The molecule has 0 saturated carbocycles. The summed E-state index contributed by atoms with van der Waals surface area (Å²) in [5.41, 5.74) is 1.71. The second-order valence-corrected chi connectivity index (χ2v) is 5.44. The van der Waals surface area contributed by atoms with E-state index in [1.807, 2.05) is 13.2 Å². The van der Waals surface area contributed by atoms with Gasteiger partial charge in [0.05, 0.1) is 13.3 Å². The number of ether oxygens (including phenoxy) is 1. The van der Waals surface area contributed by atoms with Crippen LogP contribution in [0, 0.1) is 5.92 Å². The molecule has 0 radical (unpaired) electrons. The zero-order valence-electron chi connectivity index (χ0n) is 12.9. The Morgan fingerprint density at radius 2 is 2.19 bits per heavy atom. The van der Waals surface area contributed by atoms with Crippen LogP contribution in [0.25, 0.3) is 11.3 Å². The van der Waals surface area contributed by atoms with Crippen molar-refractivity contribution in [1.82, 2.24) is 24.8 Å². The Hall–Kier alpha value is -2.18. The van der Waals surface area contributed by atoms with Gasteiger partial charge in [-0.3, -0.25) is 4.68 Å². The average molecular weight is 291 g/mol. The normalized spacial score (nSPS) is 11.1. The van der Waals surface area contributed by atoms with Crippen molar-refractivity contribution < 1.29 is 9.53 Å². The fourth-order valence-electron chi connectivity index (χ4n) is 2.18. The Bertz CT molecular complexity index is 615. The summed E-state index contributed by atoms with van der Waals surface area (Å²) in [7, 11) is 3.17. The maximum atomic E-state index is 11.8. The highest BCUT2D eigenvalue weighted by atomic mass is 16.5. The molecule has 0 atom stereocenters. The molecule has 0 aliphatic rings. The molecule has 0 unspecified atom stereocenters. The number of hydrogen-bond acceptors (Lipinski definition) is 5. The minimum absolute atomic E-state index is 0.232. The van der Waals surface area contributed by atoms with Crippen LogP contribution in [-0.2, 0) is 18.3 Å². The lowest BCUT2D eigenvalue weighted by molar-refractivity contribution is 0.0595. The van der Waals surface area contributed by atoms with E-state index < -0.39 is 5.97 Å². The lowest BCUT2D eigenvalue weighted by Crippen LogP contribution is -2.07. The van der Waals surface area contributed by atoms with Crippen molar-refractivity contribution in [2.24, 2.45) is 13.0 Å². The lowest BCUT2D eigenvalue weighted by Gasteiger charge is -2.07. The smallest absolute Gasteiger partial charge is 0.360 e. The van der Waals surface area contributed by atoms with Gasteiger partial charge in [0, 0.05) is 25.4 Å². The molecule has 2 heterocycles. The molecule has 21 heavy (non-hydrogen) atoms. The molecule has 0 N–H and O–H groups in total. The summed E-state index contributed by atoms with van der Waals surface area (Å²) in [6.45, 7) is 5.08. The van der Waals surface area contributed by atoms with Gasteiger partial charge in [0.2, 0.25) is 0 Å². The van der Waals surface area contributed by atoms with Crippen LogP contribution in [-0.4, -0.2) is 37.9 Å². The van der Waals surface area contributed by atoms with Crippen molar-refractivity contribution >= 4 is 5.97 Å². The first-order valence-corrected chi connectivity index (χ1v) is 7.03. The highest BCUT2D eigenvalue weighted by molar-refractivity contribution is 5.93. The zero-order chi connectivity index (χ0) is 15.4. The molecule has 0 aliphatic heterocycles. The summed E-state index contributed by atoms with van der Waals surface area (Å²) in [6, 6.07) is 0. The molecule has 0 amide bonds. The van der Waals surface area contributed by atoms with Crippen LogP contribution in [0.4, 0.5) is 0 Å². The Labute approximate surface area is 123 Å². The van der Waals surface area contributed by atoms with Gasteiger partial charge in [0.25, 0.3) is 0 Å². The van der Waals surface area contributed by atoms with Crippen LogP contribution in [0.5, 0.6) is 0 Å². The summed E-state index contributed by atoms with van der Waals surface area (Å²) < 4.78 is 8.22. The lowest BCUT2D eigenvalue weighted by atomic mass is 10.1. The van der Waals surface area contributed by atoms with E-state index in [4.69, 9.17) is 4.74 Å². The van der Waals surface area contributed by atoms with Gasteiger partial charge in [-0.25, -0.2) is 9.48 Å². The largest absolute Gasteiger partial charge is 0.464 e. The van der Waals surface area contributed by atoms with Crippen molar-refractivity contribution in [2.75, 3.05) is 7.11 Å². The molecule has 2 rings (SSSR count). The summed E-state index contributed by atoms with van der Waals surface area (Å²) >= 11 is 0. The van der Waals surface area contributed by atoms with Crippen LogP contribution in [0.15, 0.2) is 12.4 Å². The molecule has 7 nitrogen and oxygen atoms in total. The van der Waals surface area contributed by atoms with E-state index in [1.165, 1.54) is 7.11 Å². The van der Waals surface area contributed by atoms with Crippen molar-refractivity contribution in [3.8, 4) is 11.3 Å². The standard InChI is InChI=1S/C14H21N5O2/c1-10(2)6-5-7-19-13(11-8-15-18(3)9-11)12(16-17-19)14(20)21-4/h8-10H,5-7H2,1-4H3. The molecule has 0 fully saturated rings. The number of aromatic nitrogens is 5. The fraction of sp³-hybridized carbons (Fsp3) is 0.571. The molecular weight excluding hydrogens is 270 g/mol. The van der Waals surface area contributed by atoms with Gasteiger partial charge in [-0.1, -0.05) is 19.1 Å². The van der Waals surface area contributed by atoms with Crippen molar-refractivity contribution in [1.29, 1.82) is 0 Å². The van der Waals surface area contributed by atoms with Gasteiger partial charge in [0.15, 0.2) is 5.69 Å². The van der Waals surface area contributed by atoms with Crippen molar-refractivity contribution in [3.05, 3.63) is 18.1 Å². The second kappa shape index (κ2) is 6.51. The quantitative estimate of drug-likeness (QED) is 0.760. The van der Waals surface area contributed by atoms with Gasteiger partial charge in [-0.2, -0.15) is 5.10 Å². The first kappa shape index (κ1) is 15.2. The highest BCUT2D eigenvalue weighted by Crippen LogP contribution is 2.23. The van der Waals surface area contributed by atoms with Crippen LogP contribution < -0.4 is 0 Å². The zero-order valence-corrected chi connectivity index (χ0v) is 12.9. The number of nitrogens with zero attached hydrogens (tertiary/aromatic N) is 5. The topological polar surface area (TPSA) is 74.8 Å². The van der Waals surface area contributed by atoms with Gasteiger partial charge in [0.1, 0.15) is 5.69 Å². The van der Waals surface area contributed by atoms with E-state index in [1.54, 1.807) is 15.6 Å².